The molecular weight excluding hydrogens is 414 g/mol. The van der Waals surface area contributed by atoms with E-state index in [4.69, 9.17) is 16.3 Å². The van der Waals surface area contributed by atoms with Crippen molar-refractivity contribution < 1.29 is 9.53 Å². The van der Waals surface area contributed by atoms with Crippen molar-refractivity contribution in [3.05, 3.63) is 93.4 Å². The molecule has 5 heteroatoms. The molecular formula is C21H17BrClNO2. The number of ether oxygens (including phenoxy) is 1. The van der Waals surface area contributed by atoms with Crippen molar-refractivity contribution >= 4 is 39.1 Å². The highest BCUT2D eigenvalue weighted by molar-refractivity contribution is 9.10. The highest BCUT2D eigenvalue weighted by Gasteiger charge is 2.11. The first-order valence-corrected chi connectivity index (χ1v) is 9.33. The van der Waals surface area contributed by atoms with Crippen molar-refractivity contribution in [1.29, 1.82) is 0 Å². The van der Waals surface area contributed by atoms with Crippen molar-refractivity contribution in [2.45, 2.75) is 6.42 Å². The Labute approximate surface area is 166 Å². The number of carbonyl (C=O) groups is 1. The average molecular weight is 431 g/mol. The van der Waals surface area contributed by atoms with Crippen LogP contribution in [0, 0.1) is 0 Å². The third-order valence-electron chi connectivity index (χ3n) is 3.81. The van der Waals surface area contributed by atoms with E-state index in [0.29, 0.717) is 28.6 Å². The highest BCUT2D eigenvalue weighted by Crippen LogP contribution is 2.27. The summed E-state index contributed by atoms with van der Waals surface area (Å²) in [6, 6.07) is 22.5. The fraction of sp³-hybridized carbons (Fsp3) is 0.0952. The molecule has 0 aliphatic heterocycles. The van der Waals surface area contributed by atoms with Crippen LogP contribution in [0.1, 0.15) is 15.9 Å². The van der Waals surface area contributed by atoms with Crippen LogP contribution >= 0.6 is 27.5 Å². The van der Waals surface area contributed by atoms with Gasteiger partial charge in [0.2, 0.25) is 0 Å². The maximum absolute atomic E-state index is 12.4. The number of hydrogen-bond donors (Lipinski definition) is 1. The average Bonchev–Trinajstić information content (AvgIpc) is 2.65. The summed E-state index contributed by atoms with van der Waals surface area (Å²) in [7, 11) is 0. The molecule has 0 atom stereocenters. The zero-order valence-corrected chi connectivity index (χ0v) is 16.3. The predicted octanol–water partition coefficient (Wildman–Crippen LogP) is 5.98. The van der Waals surface area contributed by atoms with Gasteiger partial charge >= 0.3 is 0 Å². The second kappa shape index (κ2) is 8.88. The second-order valence-corrected chi connectivity index (χ2v) is 6.92. The highest BCUT2D eigenvalue weighted by atomic mass is 79.9. The first-order chi connectivity index (χ1) is 12.6. The Bertz CT molecular complexity index is 900. The first-order valence-electron chi connectivity index (χ1n) is 8.15. The Morgan fingerprint density at radius 2 is 1.73 bits per heavy atom. The predicted molar refractivity (Wildman–Crippen MR) is 109 cm³/mol. The van der Waals surface area contributed by atoms with Gasteiger partial charge in [0, 0.05) is 12.0 Å². The summed E-state index contributed by atoms with van der Waals surface area (Å²) in [5.74, 6) is 0.477. The summed E-state index contributed by atoms with van der Waals surface area (Å²) >= 11 is 9.55. The molecule has 0 radical (unpaired) electrons. The fourth-order valence-corrected chi connectivity index (χ4v) is 3.12. The lowest BCUT2D eigenvalue weighted by molar-refractivity contribution is 0.102. The lowest BCUT2D eigenvalue weighted by Gasteiger charge is -2.11. The summed E-state index contributed by atoms with van der Waals surface area (Å²) in [5.41, 5.74) is 2.32. The molecule has 1 N–H and O–H groups in total. The number of amides is 1. The summed E-state index contributed by atoms with van der Waals surface area (Å²) in [4.78, 5) is 12.4. The van der Waals surface area contributed by atoms with Crippen molar-refractivity contribution in [3.63, 3.8) is 0 Å². The molecule has 3 nitrogen and oxygen atoms in total. The monoisotopic (exact) mass is 429 g/mol. The zero-order chi connectivity index (χ0) is 18.4. The Morgan fingerprint density at radius 1 is 1.00 bits per heavy atom. The normalized spacial score (nSPS) is 10.4. The van der Waals surface area contributed by atoms with Gasteiger partial charge < -0.3 is 10.1 Å². The number of hydrogen-bond acceptors (Lipinski definition) is 2. The van der Waals surface area contributed by atoms with E-state index in [2.05, 4.69) is 33.4 Å². The molecule has 3 rings (SSSR count). The molecule has 132 valence electrons. The summed E-state index contributed by atoms with van der Waals surface area (Å²) < 4.78 is 6.55. The lowest BCUT2D eigenvalue weighted by atomic mass is 10.1. The minimum absolute atomic E-state index is 0.227. The topological polar surface area (TPSA) is 38.3 Å². The smallest absolute Gasteiger partial charge is 0.255 e. The lowest BCUT2D eigenvalue weighted by Crippen LogP contribution is -2.12. The van der Waals surface area contributed by atoms with Crippen LogP contribution in [0.3, 0.4) is 0 Å². The van der Waals surface area contributed by atoms with E-state index in [0.717, 1.165) is 10.9 Å². The Morgan fingerprint density at radius 3 is 2.46 bits per heavy atom. The summed E-state index contributed by atoms with van der Waals surface area (Å²) in [6.07, 6.45) is 0.821. The van der Waals surface area contributed by atoms with E-state index < -0.39 is 0 Å². The summed E-state index contributed by atoms with van der Waals surface area (Å²) in [5, 5.41) is 3.31. The maximum Gasteiger partial charge on any atom is 0.255 e. The molecule has 0 unspecified atom stereocenters. The number of rotatable bonds is 6. The molecule has 0 spiro atoms. The minimum Gasteiger partial charge on any atom is -0.492 e. The van der Waals surface area contributed by atoms with Crippen molar-refractivity contribution in [2.24, 2.45) is 0 Å². The van der Waals surface area contributed by atoms with E-state index in [-0.39, 0.29) is 5.91 Å². The number of nitrogens with one attached hydrogen (secondary N) is 1. The van der Waals surface area contributed by atoms with E-state index in [1.165, 1.54) is 5.56 Å². The maximum atomic E-state index is 12.4. The van der Waals surface area contributed by atoms with Gasteiger partial charge in [0.1, 0.15) is 5.75 Å². The van der Waals surface area contributed by atoms with Crippen molar-refractivity contribution in [2.75, 3.05) is 11.9 Å². The number of carbonyl (C=O) groups excluding carboxylic acids is 1. The molecule has 0 aromatic heterocycles. The van der Waals surface area contributed by atoms with E-state index in [1.54, 1.807) is 30.3 Å². The molecule has 3 aromatic rings. The number of anilines is 1. The SMILES string of the molecule is O=C(Nc1ccccc1Cl)c1ccc(OCCc2ccccc2)c(Br)c1. The molecule has 1 amide bonds. The van der Waals surface area contributed by atoms with E-state index in [9.17, 15) is 4.79 Å². The number of benzene rings is 3. The third kappa shape index (κ3) is 4.87. The largest absolute Gasteiger partial charge is 0.492 e. The van der Waals surface area contributed by atoms with Crippen LogP contribution in [0.25, 0.3) is 0 Å². The van der Waals surface area contributed by atoms with Crippen molar-refractivity contribution in [3.8, 4) is 5.75 Å². The fourth-order valence-electron chi connectivity index (χ4n) is 2.44. The first kappa shape index (κ1) is 18.5. The number of halogens is 2. The van der Waals surface area contributed by atoms with Crippen LogP contribution in [-0.2, 0) is 6.42 Å². The van der Waals surface area contributed by atoms with Gasteiger partial charge in [-0.05, 0) is 51.8 Å². The van der Waals surface area contributed by atoms with Gasteiger partial charge in [-0.3, -0.25) is 4.79 Å². The molecule has 26 heavy (non-hydrogen) atoms. The molecule has 3 aromatic carbocycles. The Hall–Kier alpha value is -2.30. The van der Waals surface area contributed by atoms with Crippen LogP contribution in [0.5, 0.6) is 5.75 Å². The van der Waals surface area contributed by atoms with Gasteiger partial charge in [-0.1, -0.05) is 54.1 Å². The van der Waals surface area contributed by atoms with Gasteiger partial charge in [0.15, 0.2) is 0 Å². The van der Waals surface area contributed by atoms with Crippen molar-refractivity contribution in [1.82, 2.24) is 0 Å². The van der Waals surface area contributed by atoms with Gasteiger partial charge in [0.05, 0.1) is 21.8 Å². The third-order valence-corrected chi connectivity index (χ3v) is 4.76. The second-order valence-electron chi connectivity index (χ2n) is 5.66. The van der Waals surface area contributed by atoms with Crippen LogP contribution in [0.15, 0.2) is 77.3 Å². The van der Waals surface area contributed by atoms with Crippen LogP contribution in [0.2, 0.25) is 5.02 Å². The summed E-state index contributed by atoms with van der Waals surface area (Å²) in [6.45, 7) is 0.563. The molecule has 0 bridgehead atoms. The number of para-hydroxylation sites is 1. The standard InChI is InChI=1S/C21H17BrClNO2/c22-17-14-16(21(25)24-19-9-5-4-8-18(19)23)10-11-20(17)26-13-12-15-6-2-1-3-7-15/h1-11,14H,12-13H2,(H,24,25). The van der Waals surface area contributed by atoms with E-state index in [1.807, 2.05) is 30.3 Å². The van der Waals surface area contributed by atoms with Gasteiger partial charge in [-0.2, -0.15) is 0 Å². The minimum atomic E-state index is -0.227. The molecule has 0 heterocycles. The van der Waals surface area contributed by atoms with Gasteiger partial charge in [-0.15, -0.1) is 0 Å². The quantitative estimate of drug-likeness (QED) is 0.523. The van der Waals surface area contributed by atoms with Gasteiger partial charge in [0.25, 0.3) is 5.91 Å². The Balaban J connectivity index is 1.61. The molecule has 0 aliphatic rings. The Kier molecular flexibility index (Phi) is 6.31. The molecule has 0 aliphatic carbocycles. The van der Waals surface area contributed by atoms with Crippen LogP contribution in [0.4, 0.5) is 5.69 Å². The molecule has 0 fully saturated rings. The molecule has 0 saturated heterocycles. The zero-order valence-electron chi connectivity index (χ0n) is 13.9. The van der Waals surface area contributed by atoms with E-state index >= 15 is 0 Å². The molecule has 0 saturated carbocycles. The van der Waals surface area contributed by atoms with Gasteiger partial charge in [-0.25, -0.2) is 0 Å². The van der Waals surface area contributed by atoms with Crippen LogP contribution in [-0.4, -0.2) is 12.5 Å². The van der Waals surface area contributed by atoms with Crippen LogP contribution < -0.4 is 10.1 Å².